The molecule has 0 fully saturated rings. The van der Waals surface area contributed by atoms with Crippen molar-refractivity contribution in [2.75, 3.05) is 17.2 Å². The fourth-order valence-corrected chi connectivity index (χ4v) is 3.44. The minimum Gasteiger partial charge on any atom is -0.444 e. The molecule has 0 aliphatic rings. The molecule has 8 nitrogen and oxygen atoms in total. The fraction of sp³-hybridized carbons (Fsp3) is 0.125. The zero-order chi connectivity index (χ0) is 22.5. The van der Waals surface area contributed by atoms with Crippen LogP contribution in [0.1, 0.15) is 27.5 Å². The van der Waals surface area contributed by atoms with Gasteiger partial charge in [0.2, 0.25) is 11.8 Å². The van der Waals surface area contributed by atoms with Crippen molar-refractivity contribution in [3.8, 4) is 11.5 Å². The highest BCUT2D eigenvalue weighted by atomic mass is 16.3. The number of pyridine rings is 1. The Morgan fingerprint density at radius 2 is 1.97 bits per heavy atom. The van der Waals surface area contributed by atoms with Gasteiger partial charge < -0.3 is 25.9 Å². The van der Waals surface area contributed by atoms with Crippen LogP contribution in [0.15, 0.2) is 77.7 Å². The van der Waals surface area contributed by atoms with E-state index in [2.05, 4.69) is 20.6 Å². The Hall–Kier alpha value is -4.17. The van der Waals surface area contributed by atoms with Crippen LogP contribution in [0, 0.1) is 6.92 Å². The second kappa shape index (κ2) is 9.32. The first kappa shape index (κ1) is 21.1. The summed E-state index contributed by atoms with van der Waals surface area (Å²) in [5.41, 5.74) is 9.69. The largest absolute Gasteiger partial charge is 0.444 e. The lowest BCUT2D eigenvalue weighted by molar-refractivity contribution is 0.0999. The number of benzene rings is 2. The molecule has 5 N–H and O–H groups in total. The van der Waals surface area contributed by atoms with Crippen molar-refractivity contribution in [1.82, 2.24) is 9.97 Å². The van der Waals surface area contributed by atoms with Gasteiger partial charge in [0.05, 0.1) is 30.1 Å². The van der Waals surface area contributed by atoms with Crippen molar-refractivity contribution < 1.29 is 14.3 Å². The molecule has 8 heteroatoms. The predicted molar refractivity (Wildman–Crippen MR) is 123 cm³/mol. The summed E-state index contributed by atoms with van der Waals surface area (Å²) in [6.45, 7) is 1.72. The molecule has 2 aromatic carbocycles. The maximum absolute atomic E-state index is 11.5. The number of oxazole rings is 1. The smallest absolute Gasteiger partial charge is 0.248 e. The van der Waals surface area contributed by atoms with E-state index in [-0.39, 0.29) is 12.6 Å². The van der Waals surface area contributed by atoms with Gasteiger partial charge in [0.15, 0.2) is 0 Å². The molecule has 2 heterocycles. The maximum Gasteiger partial charge on any atom is 0.248 e. The van der Waals surface area contributed by atoms with E-state index in [1.54, 1.807) is 24.5 Å². The van der Waals surface area contributed by atoms with Gasteiger partial charge >= 0.3 is 0 Å². The van der Waals surface area contributed by atoms with Crippen LogP contribution in [0.25, 0.3) is 11.5 Å². The first-order chi connectivity index (χ1) is 15.5. The number of aliphatic hydroxyl groups is 1. The summed E-state index contributed by atoms with van der Waals surface area (Å²) in [4.78, 5) is 20.2. The van der Waals surface area contributed by atoms with Gasteiger partial charge in [0.25, 0.3) is 0 Å². The van der Waals surface area contributed by atoms with E-state index in [1.807, 2.05) is 49.4 Å². The van der Waals surface area contributed by atoms with Crippen molar-refractivity contribution in [2.45, 2.75) is 13.0 Å². The van der Waals surface area contributed by atoms with E-state index in [0.717, 1.165) is 16.8 Å². The first-order valence-corrected chi connectivity index (χ1v) is 10.0. The fourth-order valence-electron chi connectivity index (χ4n) is 3.44. The number of hydrogen-bond donors (Lipinski definition) is 4. The van der Waals surface area contributed by atoms with Crippen molar-refractivity contribution >= 4 is 23.1 Å². The molecule has 0 aliphatic carbocycles. The average molecular weight is 429 g/mol. The highest BCUT2D eigenvalue weighted by Gasteiger charge is 2.17. The van der Waals surface area contributed by atoms with E-state index in [1.165, 1.54) is 6.26 Å². The van der Waals surface area contributed by atoms with Gasteiger partial charge in [0, 0.05) is 23.5 Å². The summed E-state index contributed by atoms with van der Waals surface area (Å²) in [6, 6.07) is 16.4. The Labute approximate surface area is 185 Å². The number of rotatable bonds is 8. The molecule has 162 valence electrons. The Balaban J connectivity index is 1.67. The second-order valence-electron chi connectivity index (χ2n) is 7.26. The number of aliphatic hydroxyl groups excluding tert-OH is 1. The van der Waals surface area contributed by atoms with Crippen LogP contribution in [0.4, 0.5) is 17.2 Å². The van der Waals surface area contributed by atoms with Crippen LogP contribution in [-0.4, -0.2) is 27.6 Å². The normalized spacial score (nSPS) is 11.7. The number of hydrogen-bond acceptors (Lipinski definition) is 7. The van der Waals surface area contributed by atoms with Gasteiger partial charge in [-0.2, -0.15) is 0 Å². The second-order valence-corrected chi connectivity index (χ2v) is 7.26. The Morgan fingerprint density at radius 3 is 2.62 bits per heavy atom. The van der Waals surface area contributed by atoms with Gasteiger partial charge in [-0.05, 0) is 36.2 Å². The summed E-state index contributed by atoms with van der Waals surface area (Å²) in [7, 11) is 0. The molecule has 0 saturated carbocycles. The summed E-state index contributed by atoms with van der Waals surface area (Å²) in [5.74, 6) is 0.515. The van der Waals surface area contributed by atoms with Gasteiger partial charge in [-0.1, -0.05) is 30.3 Å². The monoisotopic (exact) mass is 429 g/mol. The summed E-state index contributed by atoms with van der Waals surface area (Å²) in [5, 5.41) is 16.6. The maximum atomic E-state index is 11.5. The standard InChI is InChI=1S/C24H23N5O3/c1-15-11-17(7-8-18(15)23(25)31)28-22-12-20(19(13-27-22)24-26-9-10-32-24)29-21(14-30)16-5-3-2-4-6-16/h2-13,21,30H,14H2,1H3,(H2,25,31)(H2,27,28,29)/t21-/m1/s1. The number of nitrogens with one attached hydrogen (secondary N) is 2. The Bertz CT molecular complexity index is 1210. The van der Waals surface area contributed by atoms with Crippen LogP contribution in [0.5, 0.6) is 0 Å². The van der Waals surface area contributed by atoms with Gasteiger partial charge in [-0.3, -0.25) is 4.79 Å². The molecule has 1 atom stereocenters. The molecule has 0 aliphatic heterocycles. The molecule has 32 heavy (non-hydrogen) atoms. The van der Waals surface area contributed by atoms with Crippen LogP contribution in [0.2, 0.25) is 0 Å². The minimum absolute atomic E-state index is 0.103. The number of primary amides is 1. The van der Waals surface area contributed by atoms with Crippen molar-refractivity contribution in [1.29, 1.82) is 0 Å². The lowest BCUT2D eigenvalue weighted by Gasteiger charge is -2.20. The van der Waals surface area contributed by atoms with Crippen LogP contribution in [-0.2, 0) is 0 Å². The van der Waals surface area contributed by atoms with Gasteiger partial charge in [0.1, 0.15) is 12.1 Å². The van der Waals surface area contributed by atoms with Crippen molar-refractivity contribution in [3.63, 3.8) is 0 Å². The van der Waals surface area contributed by atoms with Crippen LogP contribution >= 0.6 is 0 Å². The lowest BCUT2D eigenvalue weighted by Crippen LogP contribution is -2.15. The van der Waals surface area contributed by atoms with Gasteiger partial charge in [-0.25, -0.2) is 9.97 Å². The molecular weight excluding hydrogens is 406 g/mol. The average Bonchev–Trinajstić information content (AvgIpc) is 3.33. The molecule has 4 aromatic rings. The number of anilines is 3. The molecule has 0 radical (unpaired) electrons. The van der Waals surface area contributed by atoms with Crippen molar-refractivity contribution in [2.24, 2.45) is 5.73 Å². The van der Waals surface area contributed by atoms with E-state index in [9.17, 15) is 9.90 Å². The topological polar surface area (TPSA) is 126 Å². The van der Waals surface area contributed by atoms with Crippen LogP contribution < -0.4 is 16.4 Å². The predicted octanol–water partition coefficient (Wildman–Crippen LogP) is 4.03. The molecule has 0 unspecified atom stereocenters. The quantitative estimate of drug-likeness (QED) is 0.333. The lowest BCUT2D eigenvalue weighted by atomic mass is 10.1. The number of nitrogens with zero attached hydrogens (tertiary/aromatic N) is 2. The third kappa shape index (κ3) is 4.60. The third-order valence-corrected chi connectivity index (χ3v) is 5.05. The molecule has 0 saturated heterocycles. The van der Waals surface area contributed by atoms with E-state index < -0.39 is 5.91 Å². The molecule has 4 rings (SSSR count). The highest BCUT2D eigenvalue weighted by Crippen LogP contribution is 2.32. The van der Waals surface area contributed by atoms with E-state index in [0.29, 0.717) is 28.5 Å². The molecule has 0 bridgehead atoms. The van der Waals surface area contributed by atoms with E-state index >= 15 is 0 Å². The Kier molecular flexibility index (Phi) is 6.14. The zero-order valence-electron chi connectivity index (χ0n) is 17.4. The molecule has 2 aromatic heterocycles. The highest BCUT2D eigenvalue weighted by molar-refractivity contribution is 5.94. The van der Waals surface area contributed by atoms with E-state index in [4.69, 9.17) is 10.2 Å². The number of carbonyl (C=O) groups is 1. The summed E-state index contributed by atoms with van der Waals surface area (Å²) in [6.07, 6.45) is 4.71. The Morgan fingerprint density at radius 1 is 1.16 bits per heavy atom. The number of aromatic nitrogens is 2. The summed E-state index contributed by atoms with van der Waals surface area (Å²) >= 11 is 0. The zero-order valence-corrected chi connectivity index (χ0v) is 17.4. The van der Waals surface area contributed by atoms with Gasteiger partial charge in [-0.15, -0.1) is 0 Å². The number of aryl methyl sites for hydroxylation is 1. The summed E-state index contributed by atoms with van der Waals surface area (Å²) < 4.78 is 5.47. The molecule has 0 spiro atoms. The van der Waals surface area contributed by atoms with Crippen molar-refractivity contribution in [3.05, 3.63) is 89.9 Å². The number of nitrogens with two attached hydrogens (primary N) is 1. The number of carbonyl (C=O) groups excluding carboxylic acids is 1. The number of amides is 1. The molecule has 1 amide bonds. The third-order valence-electron chi connectivity index (χ3n) is 5.05. The first-order valence-electron chi connectivity index (χ1n) is 10.0. The molecular formula is C24H23N5O3. The SMILES string of the molecule is Cc1cc(Nc2cc(N[C@H](CO)c3ccccc3)c(-c3ncco3)cn2)ccc1C(N)=O. The van der Waals surface area contributed by atoms with Crippen LogP contribution in [0.3, 0.4) is 0 Å². The minimum atomic E-state index is -0.468.